The lowest BCUT2D eigenvalue weighted by Gasteiger charge is -2.10. The maximum atomic E-state index is 13.4. The highest BCUT2D eigenvalue weighted by Crippen LogP contribution is 2.37. The van der Waals surface area contributed by atoms with Crippen molar-refractivity contribution in [1.82, 2.24) is 4.98 Å². The fourth-order valence-corrected chi connectivity index (χ4v) is 3.24. The highest BCUT2D eigenvalue weighted by molar-refractivity contribution is 8.01. The number of aromatic nitrogens is 1. The first-order valence-electron chi connectivity index (χ1n) is 6.01. The van der Waals surface area contributed by atoms with Gasteiger partial charge in [-0.3, -0.25) is 4.79 Å². The maximum absolute atomic E-state index is 13.4. The molecule has 1 aromatic heterocycles. The van der Waals surface area contributed by atoms with Crippen LogP contribution < -0.4 is 5.32 Å². The molecule has 0 bridgehead atoms. The van der Waals surface area contributed by atoms with Gasteiger partial charge in [-0.25, -0.2) is 0 Å². The van der Waals surface area contributed by atoms with E-state index in [9.17, 15) is 13.6 Å². The molecular weight excluding hydrogens is 282 g/mol. The Bertz CT molecular complexity index is 653. The van der Waals surface area contributed by atoms with E-state index in [-0.39, 0.29) is 16.8 Å². The van der Waals surface area contributed by atoms with E-state index >= 15 is 0 Å². The Kier molecular flexibility index (Phi) is 3.40. The molecular formula is C14H10F2N2OS. The van der Waals surface area contributed by atoms with Crippen LogP contribution in [0.3, 0.4) is 0 Å². The number of nitrogens with one attached hydrogen (secondary N) is 1. The van der Waals surface area contributed by atoms with Crippen LogP contribution in [0, 0.1) is 11.9 Å². The molecule has 1 aromatic carbocycles. The quantitative estimate of drug-likeness (QED) is 0.865. The molecule has 0 saturated heterocycles. The molecule has 102 valence electrons. The summed E-state index contributed by atoms with van der Waals surface area (Å²) in [6.07, 6.45) is 0.600. The summed E-state index contributed by atoms with van der Waals surface area (Å²) >= 11 is 1.44. The van der Waals surface area contributed by atoms with Gasteiger partial charge >= 0.3 is 0 Å². The zero-order valence-corrected chi connectivity index (χ0v) is 11.1. The summed E-state index contributed by atoms with van der Waals surface area (Å²) in [7, 11) is 0. The first-order valence-corrected chi connectivity index (χ1v) is 6.89. The van der Waals surface area contributed by atoms with Crippen LogP contribution in [-0.4, -0.2) is 16.1 Å². The SMILES string of the molecule is O=C(Nc1ccc(F)nc1F)C1Cc2ccccc2S1. The fraction of sp³-hybridized carbons (Fsp3) is 0.143. The van der Waals surface area contributed by atoms with Gasteiger partial charge in [-0.15, -0.1) is 11.8 Å². The molecule has 1 unspecified atom stereocenters. The maximum Gasteiger partial charge on any atom is 0.239 e. The van der Waals surface area contributed by atoms with Crippen molar-refractivity contribution >= 4 is 23.4 Å². The predicted molar refractivity (Wildman–Crippen MR) is 72.6 cm³/mol. The number of amides is 1. The van der Waals surface area contributed by atoms with Crippen LogP contribution in [0.25, 0.3) is 0 Å². The molecule has 0 spiro atoms. The van der Waals surface area contributed by atoms with Crippen molar-refractivity contribution in [2.45, 2.75) is 16.6 Å². The standard InChI is InChI=1S/C14H10F2N2OS/c15-12-6-5-9(13(16)18-12)17-14(19)11-7-8-3-1-2-4-10(8)20-11/h1-6,11H,7H2,(H,17,19). The number of anilines is 1. The van der Waals surface area contributed by atoms with Crippen LogP contribution >= 0.6 is 11.8 Å². The highest BCUT2D eigenvalue weighted by Gasteiger charge is 2.28. The third kappa shape index (κ3) is 2.51. The number of hydrogen-bond acceptors (Lipinski definition) is 3. The van der Waals surface area contributed by atoms with Gasteiger partial charge < -0.3 is 5.32 Å². The Hall–Kier alpha value is -1.95. The largest absolute Gasteiger partial charge is 0.321 e. The van der Waals surface area contributed by atoms with Crippen molar-refractivity contribution in [3.05, 3.63) is 53.9 Å². The van der Waals surface area contributed by atoms with E-state index in [0.717, 1.165) is 16.5 Å². The first-order chi connectivity index (χ1) is 9.63. The van der Waals surface area contributed by atoms with Crippen molar-refractivity contribution in [2.75, 3.05) is 5.32 Å². The molecule has 3 rings (SSSR count). The fourth-order valence-electron chi connectivity index (χ4n) is 2.05. The molecule has 20 heavy (non-hydrogen) atoms. The molecule has 0 radical (unpaired) electrons. The summed E-state index contributed by atoms with van der Waals surface area (Å²) in [6.45, 7) is 0. The third-order valence-corrected chi connectivity index (χ3v) is 4.33. The lowest BCUT2D eigenvalue weighted by molar-refractivity contribution is -0.115. The van der Waals surface area contributed by atoms with E-state index in [0.29, 0.717) is 6.42 Å². The molecule has 1 N–H and O–H groups in total. The Morgan fingerprint density at radius 3 is 2.80 bits per heavy atom. The number of fused-ring (bicyclic) bond motifs is 1. The molecule has 0 aliphatic carbocycles. The van der Waals surface area contributed by atoms with Crippen LogP contribution in [0.1, 0.15) is 5.56 Å². The second-order valence-electron chi connectivity index (χ2n) is 4.38. The normalized spacial score (nSPS) is 16.8. The van der Waals surface area contributed by atoms with E-state index in [4.69, 9.17) is 0 Å². The molecule has 3 nitrogen and oxygen atoms in total. The van der Waals surface area contributed by atoms with Gasteiger partial charge in [-0.05, 0) is 30.2 Å². The molecule has 2 aromatic rings. The minimum atomic E-state index is -1.01. The minimum absolute atomic E-state index is 0.104. The second kappa shape index (κ2) is 5.20. The van der Waals surface area contributed by atoms with Crippen LogP contribution in [-0.2, 0) is 11.2 Å². The lowest BCUT2D eigenvalue weighted by Crippen LogP contribution is -2.25. The molecule has 1 atom stereocenters. The van der Waals surface area contributed by atoms with Gasteiger partial charge in [0.1, 0.15) is 0 Å². The van der Waals surface area contributed by atoms with Gasteiger partial charge in [0.15, 0.2) is 0 Å². The van der Waals surface area contributed by atoms with Crippen LogP contribution in [0.4, 0.5) is 14.5 Å². The topological polar surface area (TPSA) is 42.0 Å². The Balaban J connectivity index is 1.72. The number of thioether (sulfide) groups is 1. The summed E-state index contributed by atoms with van der Waals surface area (Å²) in [5.74, 6) is -2.24. The molecule has 6 heteroatoms. The van der Waals surface area contributed by atoms with E-state index in [2.05, 4.69) is 10.3 Å². The van der Waals surface area contributed by atoms with Crippen molar-refractivity contribution in [3.8, 4) is 0 Å². The zero-order valence-electron chi connectivity index (χ0n) is 10.3. The number of hydrogen-bond donors (Lipinski definition) is 1. The van der Waals surface area contributed by atoms with Gasteiger partial charge in [0.05, 0.1) is 10.9 Å². The Labute approximate surface area is 118 Å². The number of carbonyl (C=O) groups excluding carboxylic acids is 1. The molecule has 2 heterocycles. The number of nitrogens with zero attached hydrogens (tertiary/aromatic N) is 1. The second-order valence-corrected chi connectivity index (χ2v) is 5.62. The van der Waals surface area contributed by atoms with Gasteiger partial charge in [-0.1, -0.05) is 18.2 Å². The minimum Gasteiger partial charge on any atom is -0.321 e. The summed E-state index contributed by atoms with van der Waals surface area (Å²) in [4.78, 5) is 16.2. The number of carbonyl (C=O) groups is 1. The predicted octanol–water partition coefficient (Wildman–Crippen LogP) is 3.02. The summed E-state index contributed by atoms with van der Waals surface area (Å²) in [6, 6.07) is 9.93. The molecule has 0 fully saturated rings. The van der Waals surface area contributed by atoms with Crippen molar-refractivity contribution in [2.24, 2.45) is 0 Å². The Morgan fingerprint density at radius 1 is 1.25 bits per heavy atom. The number of pyridine rings is 1. The number of rotatable bonds is 2. The van der Waals surface area contributed by atoms with Gasteiger partial charge in [-0.2, -0.15) is 13.8 Å². The average molecular weight is 292 g/mol. The van der Waals surface area contributed by atoms with E-state index in [1.165, 1.54) is 17.8 Å². The smallest absolute Gasteiger partial charge is 0.239 e. The average Bonchev–Trinajstić information content (AvgIpc) is 2.86. The monoisotopic (exact) mass is 292 g/mol. The number of benzene rings is 1. The molecule has 1 aliphatic rings. The van der Waals surface area contributed by atoms with Crippen molar-refractivity contribution < 1.29 is 13.6 Å². The van der Waals surface area contributed by atoms with Crippen molar-refractivity contribution in [3.63, 3.8) is 0 Å². The van der Waals surface area contributed by atoms with Crippen molar-refractivity contribution in [1.29, 1.82) is 0 Å². The summed E-state index contributed by atoms with van der Waals surface area (Å²) < 4.78 is 26.1. The number of halogens is 2. The van der Waals surface area contributed by atoms with Crippen LogP contribution in [0.5, 0.6) is 0 Å². The van der Waals surface area contributed by atoms with Crippen LogP contribution in [0.15, 0.2) is 41.3 Å². The highest BCUT2D eigenvalue weighted by atomic mass is 32.2. The first kappa shape index (κ1) is 13.1. The molecule has 1 aliphatic heterocycles. The third-order valence-electron chi connectivity index (χ3n) is 3.01. The van der Waals surface area contributed by atoms with Gasteiger partial charge in [0.25, 0.3) is 0 Å². The molecule has 0 saturated carbocycles. The summed E-state index contributed by atoms with van der Waals surface area (Å²) in [5, 5.41) is 2.14. The van der Waals surface area contributed by atoms with E-state index in [1.54, 1.807) is 0 Å². The van der Waals surface area contributed by atoms with E-state index < -0.39 is 11.9 Å². The Morgan fingerprint density at radius 2 is 2.05 bits per heavy atom. The summed E-state index contributed by atoms with van der Waals surface area (Å²) in [5.41, 5.74) is 1.00. The van der Waals surface area contributed by atoms with Gasteiger partial charge in [0, 0.05) is 4.90 Å². The zero-order chi connectivity index (χ0) is 14.1. The lowest BCUT2D eigenvalue weighted by atomic mass is 10.1. The molecule has 1 amide bonds. The van der Waals surface area contributed by atoms with E-state index in [1.807, 2.05) is 24.3 Å². The van der Waals surface area contributed by atoms with Gasteiger partial charge in [0.2, 0.25) is 17.8 Å². The van der Waals surface area contributed by atoms with Crippen LogP contribution in [0.2, 0.25) is 0 Å².